The largest absolute Gasteiger partial charge is 0.293 e. The summed E-state index contributed by atoms with van der Waals surface area (Å²) >= 11 is 0. The van der Waals surface area contributed by atoms with Gasteiger partial charge in [0.15, 0.2) is 0 Å². The second-order valence-electron chi connectivity index (χ2n) is 3.42. The van der Waals surface area contributed by atoms with Crippen molar-refractivity contribution in [3.05, 3.63) is 0 Å². The van der Waals surface area contributed by atoms with E-state index in [0.717, 1.165) is 0 Å². The van der Waals surface area contributed by atoms with Crippen LogP contribution in [-0.2, 0) is 4.79 Å². The van der Waals surface area contributed by atoms with Crippen LogP contribution < -0.4 is 11.3 Å². The van der Waals surface area contributed by atoms with Crippen molar-refractivity contribution in [1.29, 1.82) is 10.5 Å². The van der Waals surface area contributed by atoms with Crippen LogP contribution >= 0.6 is 0 Å². The number of amides is 1. The van der Waals surface area contributed by atoms with Crippen LogP contribution in [0.15, 0.2) is 0 Å². The molecule has 0 aliphatic heterocycles. The number of hydrogen-bond donors (Lipinski definition) is 2. The molecule has 82 valence electrons. The van der Waals surface area contributed by atoms with Gasteiger partial charge in [-0.15, -0.1) is 0 Å². The SMILES string of the molecule is CC(C)C(C(=O)NN)N(CC#N)CC#N. The molecule has 15 heavy (non-hydrogen) atoms. The lowest BCUT2D eigenvalue weighted by atomic mass is 10.0. The summed E-state index contributed by atoms with van der Waals surface area (Å²) in [5.74, 6) is 4.65. The molecule has 0 aliphatic rings. The average Bonchev–Trinajstić information content (AvgIpc) is 2.18. The number of nitrogens with one attached hydrogen (secondary N) is 1. The molecule has 0 saturated carbocycles. The maximum Gasteiger partial charge on any atom is 0.251 e. The van der Waals surface area contributed by atoms with Gasteiger partial charge in [0.05, 0.1) is 31.3 Å². The number of hydrazine groups is 1. The maximum atomic E-state index is 11.4. The topological polar surface area (TPSA) is 106 Å². The first-order chi connectivity index (χ1) is 7.08. The van der Waals surface area contributed by atoms with Crippen molar-refractivity contribution in [2.75, 3.05) is 13.1 Å². The standard InChI is InChI=1S/C9H15N5O/c1-7(2)8(9(15)13-12)14(5-3-10)6-4-11/h7-8H,5-6,12H2,1-2H3,(H,13,15). The van der Waals surface area contributed by atoms with E-state index in [9.17, 15) is 4.79 Å². The van der Waals surface area contributed by atoms with Crippen LogP contribution in [-0.4, -0.2) is 29.9 Å². The van der Waals surface area contributed by atoms with Crippen LogP contribution in [0.5, 0.6) is 0 Å². The van der Waals surface area contributed by atoms with Crippen LogP contribution in [0, 0.1) is 28.6 Å². The Hall–Kier alpha value is -1.63. The number of nitrogens with two attached hydrogens (primary N) is 1. The van der Waals surface area contributed by atoms with Crippen LogP contribution in [0.1, 0.15) is 13.8 Å². The van der Waals surface area contributed by atoms with Crippen molar-refractivity contribution in [3.63, 3.8) is 0 Å². The summed E-state index contributed by atoms with van der Waals surface area (Å²) < 4.78 is 0. The van der Waals surface area contributed by atoms with E-state index >= 15 is 0 Å². The van der Waals surface area contributed by atoms with Crippen molar-refractivity contribution in [3.8, 4) is 12.1 Å². The Morgan fingerprint density at radius 3 is 2.13 bits per heavy atom. The van der Waals surface area contributed by atoms with Gasteiger partial charge in [0, 0.05) is 0 Å². The van der Waals surface area contributed by atoms with E-state index in [2.05, 4.69) is 0 Å². The Morgan fingerprint density at radius 1 is 1.40 bits per heavy atom. The number of carbonyl (C=O) groups excluding carboxylic acids is 1. The molecule has 0 aromatic rings. The summed E-state index contributed by atoms with van der Waals surface area (Å²) in [6.45, 7) is 3.73. The third-order valence-corrected chi connectivity index (χ3v) is 1.98. The molecule has 6 heteroatoms. The number of rotatable bonds is 5. The Bertz CT molecular complexity index is 272. The highest BCUT2D eigenvalue weighted by molar-refractivity contribution is 5.81. The normalized spacial score (nSPS) is 11.9. The van der Waals surface area contributed by atoms with Gasteiger partial charge in [-0.05, 0) is 5.92 Å². The molecule has 0 rings (SSSR count). The highest BCUT2D eigenvalue weighted by atomic mass is 16.2. The first kappa shape index (κ1) is 13.4. The lowest BCUT2D eigenvalue weighted by Gasteiger charge is -2.28. The summed E-state index contributed by atoms with van der Waals surface area (Å²) in [4.78, 5) is 12.9. The summed E-state index contributed by atoms with van der Waals surface area (Å²) in [6.07, 6.45) is 0. The van der Waals surface area contributed by atoms with Crippen LogP contribution in [0.4, 0.5) is 0 Å². The quantitative estimate of drug-likeness (QED) is 0.271. The zero-order chi connectivity index (χ0) is 11.8. The van der Waals surface area contributed by atoms with E-state index in [1.807, 2.05) is 31.4 Å². The fourth-order valence-corrected chi connectivity index (χ4v) is 1.41. The summed E-state index contributed by atoms with van der Waals surface area (Å²) in [5.41, 5.74) is 2.04. The lowest BCUT2D eigenvalue weighted by molar-refractivity contribution is -0.127. The van der Waals surface area contributed by atoms with Gasteiger partial charge in [0.25, 0.3) is 5.91 Å². The first-order valence-electron chi connectivity index (χ1n) is 4.56. The Kier molecular flexibility index (Phi) is 6.03. The van der Waals surface area contributed by atoms with Gasteiger partial charge in [-0.3, -0.25) is 15.1 Å². The number of hydrogen-bond acceptors (Lipinski definition) is 5. The van der Waals surface area contributed by atoms with E-state index in [1.165, 1.54) is 4.90 Å². The van der Waals surface area contributed by atoms with Gasteiger partial charge in [-0.2, -0.15) is 10.5 Å². The lowest BCUT2D eigenvalue weighted by Crippen LogP contribution is -2.52. The predicted molar refractivity (Wildman–Crippen MR) is 53.8 cm³/mol. The second kappa shape index (κ2) is 6.77. The van der Waals surface area contributed by atoms with Crippen molar-refractivity contribution < 1.29 is 4.79 Å². The molecular weight excluding hydrogens is 194 g/mol. The summed E-state index contributed by atoms with van der Waals surface area (Å²) in [6, 6.07) is 3.29. The molecule has 0 bridgehead atoms. The van der Waals surface area contributed by atoms with E-state index in [-0.39, 0.29) is 24.9 Å². The minimum absolute atomic E-state index is 0.0183. The third-order valence-electron chi connectivity index (χ3n) is 1.98. The van der Waals surface area contributed by atoms with Gasteiger partial charge in [0.2, 0.25) is 0 Å². The molecule has 0 aliphatic carbocycles. The Balaban J connectivity index is 4.77. The molecule has 0 radical (unpaired) electrons. The van der Waals surface area contributed by atoms with Gasteiger partial charge < -0.3 is 0 Å². The Morgan fingerprint density at radius 2 is 1.87 bits per heavy atom. The van der Waals surface area contributed by atoms with E-state index in [0.29, 0.717) is 0 Å². The van der Waals surface area contributed by atoms with E-state index in [1.54, 1.807) is 0 Å². The molecule has 6 nitrogen and oxygen atoms in total. The molecule has 3 N–H and O–H groups in total. The zero-order valence-electron chi connectivity index (χ0n) is 8.90. The number of carbonyl (C=O) groups is 1. The third kappa shape index (κ3) is 3.94. The molecule has 0 aromatic heterocycles. The highest BCUT2D eigenvalue weighted by Gasteiger charge is 2.28. The van der Waals surface area contributed by atoms with Crippen LogP contribution in [0.25, 0.3) is 0 Å². The van der Waals surface area contributed by atoms with E-state index < -0.39 is 6.04 Å². The van der Waals surface area contributed by atoms with Crippen molar-refractivity contribution >= 4 is 5.91 Å². The minimum Gasteiger partial charge on any atom is -0.293 e. The fourth-order valence-electron chi connectivity index (χ4n) is 1.41. The fraction of sp³-hybridized carbons (Fsp3) is 0.667. The minimum atomic E-state index is -0.547. The van der Waals surface area contributed by atoms with Gasteiger partial charge in [0.1, 0.15) is 0 Å². The molecule has 0 aromatic carbocycles. The van der Waals surface area contributed by atoms with Gasteiger partial charge in [-0.1, -0.05) is 13.8 Å². The number of nitriles is 2. The maximum absolute atomic E-state index is 11.4. The van der Waals surface area contributed by atoms with Crippen LogP contribution in [0.3, 0.4) is 0 Å². The molecule has 0 heterocycles. The molecule has 1 amide bonds. The van der Waals surface area contributed by atoms with Crippen LogP contribution in [0.2, 0.25) is 0 Å². The molecule has 1 atom stereocenters. The second-order valence-corrected chi connectivity index (χ2v) is 3.42. The molecule has 0 fully saturated rings. The van der Waals surface area contributed by atoms with Crippen molar-refractivity contribution in [2.24, 2.45) is 11.8 Å². The predicted octanol–water partition coefficient (Wildman–Crippen LogP) is -0.650. The average molecular weight is 209 g/mol. The zero-order valence-corrected chi connectivity index (χ0v) is 8.90. The monoisotopic (exact) mass is 209 g/mol. The molecule has 0 spiro atoms. The van der Waals surface area contributed by atoms with Gasteiger partial charge >= 0.3 is 0 Å². The molecule has 0 saturated heterocycles. The van der Waals surface area contributed by atoms with Gasteiger partial charge in [-0.25, -0.2) is 5.84 Å². The summed E-state index contributed by atoms with van der Waals surface area (Å²) in [7, 11) is 0. The van der Waals surface area contributed by atoms with E-state index in [4.69, 9.17) is 16.4 Å². The highest BCUT2D eigenvalue weighted by Crippen LogP contribution is 2.10. The summed E-state index contributed by atoms with van der Waals surface area (Å²) in [5, 5.41) is 17.2. The van der Waals surface area contributed by atoms with Crippen molar-refractivity contribution in [1.82, 2.24) is 10.3 Å². The van der Waals surface area contributed by atoms with Crippen molar-refractivity contribution in [2.45, 2.75) is 19.9 Å². The molecule has 1 unspecified atom stereocenters. The Labute approximate surface area is 89.2 Å². The first-order valence-corrected chi connectivity index (χ1v) is 4.56. The smallest absolute Gasteiger partial charge is 0.251 e. The molecular formula is C9H15N5O. The number of nitrogens with zero attached hydrogens (tertiary/aromatic N) is 3.